The van der Waals surface area contributed by atoms with E-state index < -0.39 is 0 Å². The zero-order valence-electron chi connectivity index (χ0n) is 8.06. The molecule has 0 aliphatic carbocycles. The second kappa shape index (κ2) is 7.63. The highest BCUT2D eigenvalue weighted by Crippen LogP contribution is 2.05. The third-order valence-electron chi connectivity index (χ3n) is 1.57. The van der Waals surface area contributed by atoms with E-state index in [4.69, 9.17) is 0 Å². The molecule has 0 rings (SSSR count). The highest BCUT2D eigenvalue weighted by Gasteiger charge is 1.90. The van der Waals surface area contributed by atoms with Gasteiger partial charge in [0.1, 0.15) is 0 Å². The van der Waals surface area contributed by atoms with E-state index in [2.05, 4.69) is 38.7 Å². The van der Waals surface area contributed by atoms with Gasteiger partial charge < -0.3 is 0 Å². The lowest BCUT2D eigenvalue weighted by Crippen LogP contribution is -1.84. The monoisotopic (exact) mass is 152 g/mol. The Hall–Kier alpha value is -0.480. The molecule has 0 heteroatoms. The molecule has 0 heterocycles. The van der Waals surface area contributed by atoms with Crippen molar-refractivity contribution in [3.05, 3.63) is 17.9 Å². The Labute approximate surface area is 71.0 Å². The van der Waals surface area contributed by atoms with E-state index in [0.29, 0.717) is 0 Å². The van der Waals surface area contributed by atoms with Crippen molar-refractivity contribution in [3.63, 3.8) is 0 Å². The summed E-state index contributed by atoms with van der Waals surface area (Å²) in [4.78, 5) is 0. The minimum Gasteiger partial charge on any atom is -0.130 e. The van der Waals surface area contributed by atoms with Gasteiger partial charge in [0.05, 0.1) is 0 Å². The van der Waals surface area contributed by atoms with E-state index in [-0.39, 0.29) is 0 Å². The highest BCUT2D eigenvalue weighted by molar-refractivity contribution is 4.83. The largest absolute Gasteiger partial charge is 0.130 e. The third kappa shape index (κ3) is 9.52. The molecule has 0 atom stereocenters. The first-order chi connectivity index (χ1) is 5.27. The van der Waals surface area contributed by atoms with Crippen molar-refractivity contribution in [2.24, 2.45) is 5.92 Å². The van der Waals surface area contributed by atoms with Crippen molar-refractivity contribution in [1.29, 1.82) is 0 Å². The zero-order chi connectivity index (χ0) is 8.53. The van der Waals surface area contributed by atoms with Crippen LogP contribution in [0.3, 0.4) is 0 Å². The van der Waals surface area contributed by atoms with Gasteiger partial charge in [-0.15, -0.1) is 5.73 Å². The smallest absolute Gasteiger partial charge is 0.0274 e. The van der Waals surface area contributed by atoms with E-state index in [1.54, 1.807) is 0 Å². The maximum absolute atomic E-state index is 3.16. The minimum absolute atomic E-state index is 0.846. The fourth-order valence-corrected chi connectivity index (χ4v) is 0.913. The summed E-state index contributed by atoms with van der Waals surface area (Å²) in [5.41, 5.74) is 3.16. The van der Waals surface area contributed by atoms with E-state index in [1.165, 1.54) is 19.3 Å². The van der Waals surface area contributed by atoms with Crippen molar-refractivity contribution in [3.8, 4) is 0 Å². The van der Waals surface area contributed by atoms with Crippen LogP contribution in [-0.2, 0) is 0 Å². The first-order valence-corrected chi connectivity index (χ1v) is 4.66. The number of unbranched alkanes of at least 4 members (excludes halogenated alkanes) is 1. The SMILES string of the molecule is CCC=C=CCCCC(C)C. The number of rotatable bonds is 5. The number of hydrogen-bond donors (Lipinski definition) is 0. The highest BCUT2D eigenvalue weighted by atomic mass is 14.0. The second-order valence-electron chi connectivity index (χ2n) is 3.31. The lowest BCUT2D eigenvalue weighted by Gasteiger charge is -1.99. The minimum atomic E-state index is 0.846. The Morgan fingerprint density at radius 2 is 2.00 bits per heavy atom. The molecule has 0 fully saturated rings. The molecule has 0 aliphatic heterocycles. The first-order valence-electron chi connectivity index (χ1n) is 4.66. The van der Waals surface area contributed by atoms with Gasteiger partial charge in [-0.05, 0) is 37.3 Å². The van der Waals surface area contributed by atoms with E-state index in [1.807, 2.05) is 0 Å². The Morgan fingerprint density at radius 3 is 2.55 bits per heavy atom. The summed E-state index contributed by atoms with van der Waals surface area (Å²) < 4.78 is 0. The molecule has 0 radical (unpaired) electrons. The van der Waals surface area contributed by atoms with Crippen molar-refractivity contribution >= 4 is 0 Å². The predicted molar refractivity (Wildman–Crippen MR) is 51.6 cm³/mol. The van der Waals surface area contributed by atoms with E-state index >= 15 is 0 Å². The molecule has 0 N–H and O–H groups in total. The average Bonchev–Trinajstić information content (AvgIpc) is 1.96. The maximum atomic E-state index is 3.16. The van der Waals surface area contributed by atoms with Crippen LogP contribution in [0.4, 0.5) is 0 Å². The van der Waals surface area contributed by atoms with E-state index in [0.717, 1.165) is 12.3 Å². The van der Waals surface area contributed by atoms with Crippen LogP contribution >= 0.6 is 0 Å². The molecule has 0 bridgehead atoms. The quantitative estimate of drug-likeness (QED) is 0.413. The summed E-state index contributed by atoms with van der Waals surface area (Å²) in [5, 5.41) is 0. The van der Waals surface area contributed by atoms with Gasteiger partial charge in [-0.3, -0.25) is 0 Å². The molecule has 0 aromatic heterocycles. The summed E-state index contributed by atoms with van der Waals surface area (Å²) in [5.74, 6) is 0.846. The molecule has 0 aromatic rings. The Balaban J connectivity index is 3.20. The second-order valence-corrected chi connectivity index (χ2v) is 3.31. The molecule has 11 heavy (non-hydrogen) atoms. The third-order valence-corrected chi connectivity index (χ3v) is 1.57. The number of hydrogen-bond acceptors (Lipinski definition) is 0. The molecule has 0 aliphatic rings. The Kier molecular flexibility index (Phi) is 7.29. The van der Waals surface area contributed by atoms with Crippen LogP contribution in [0.1, 0.15) is 46.5 Å². The van der Waals surface area contributed by atoms with Gasteiger partial charge in [0.25, 0.3) is 0 Å². The van der Waals surface area contributed by atoms with Gasteiger partial charge in [-0.2, -0.15) is 0 Å². The summed E-state index contributed by atoms with van der Waals surface area (Å²) in [6, 6.07) is 0. The van der Waals surface area contributed by atoms with Crippen LogP contribution in [0.15, 0.2) is 17.9 Å². The molecule has 0 aromatic carbocycles. The van der Waals surface area contributed by atoms with Gasteiger partial charge in [-0.25, -0.2) is 0 Å². The van der Waals surface area contributed by atoms with Crippen LogP contribution in [0, 0.1) is 5.92 Å². The fourth-order valence-electron chi connectivity index (χ4n) is 0.913. The van der Waals surface area contributed by atoms with Gasteiger partial charge >= 0.3 is 0 Å². The van der Waals surface area contributed by atoms with Crippen LogP contribution in [0.25, 0.3) is 0 Å². The van der Waals surface area contributed by atoms with Crippen LogP contribution < -0.4 is 0 Å². The summed E-state index contributed by atoms with van der Waals surface area (Å²) in [7, 11) is 0. The maximum Gasteiger partial charge on any atom is -0.0274 e. The van der Waals surface area contributed by atoms with Gasteiger partial charge in [0.15, 0.2) is 0 Å². The van der Waals surface area contributed by atoms with Crippen molar-refractivity contribution in [2.75, 3.05) is 0 Å². The first kappa shape index (κ1) is 10.5. The molecule has 0 unspecified atom stereocenters. The van der Waals surface area contributed by atoms with Crippen molar-refractivity contribution < 1.29 is 0 Å². The summed E-state index contributed by atoms with van der Waals surface area (Å²) in [6.45, 7) is 6.67. The summed E-state index contributed by atoms with van der Waals surface area (Å²) in [6.07, 6.45) is 9.16. The molecule has 0 spiro atoms. The lowest BCUT2D eigenvalue weighted by atomic mass is 10.1. The van der Waals surface area contributed by atoms with Gasteiger partial charge in [-0.1, -0.05) is 27.2 Å². The predicted octanol–water partition coefficient (Wildman–Crippen LogP) is 3.93. The topological polar surface area (TPSA) is 0 Å². The molecule has 0 saturated heterocycles. The summed E-state index contributed by atoms with van der Waals surface area (Å²) >= 11 is 0. The molecule has 0 amide bonds. The normalized spacial score (nSPS) is 9.45. The standard InChI is InChI=1S/C11H20/c1-4-5-6-7-8-9-10-11(2)3/h5,7,11H,4,8-10H2,1-3H3. The fraction of sp³-hybridized carbons (Fsp3) is 0.727. The van der Waals surface area contributed by atoms with Gasteiger partial charge in [0.2, 0.25) is 0 Å². The van der Waals surface area contributed by atoms with Gasteiger partial charge in [0, 0.05) is 0 Å². The van der Waals surface area contributed by atoms with Crippen molar-refractivity contribution in [1.82, 2.24) is 0 Å². The number of allylic oxidation sites excluding steroid dienone is 1. The Bertz CT molecular complexity index is 125. The molecular weight excluding hydrogens is 132 g/mol. The Morgan fingerprint density at radius 1 is 1.27 bits per heavy atom. The molecule has 0 saturated carbocycles. The van der Waals surface area contributed by atoms with Crippen LogP contribution in [-0.4, -0.2) is 0 Å². The molecule has 64 valence electrons. The van der Waals surface area contributed by atoms with Crippen molar-refractivity contribution in [2.45, 2.75) is 46.5 Å². The average molecular weight is 152 g/mol. The van der Waals surface area contributed by atoms with Crippen LogP contribution in [0.2, 0.25) is 0 Å². The molecular formula is C11H20. The lowest BCUT2D eigenvalue weighted by molar-refractivity contribution is 0.560. The molecule has 0 nitrogen and oxygen atoms in total. The van der Waals surface area contributed by atoms with Crippen LogP contribution in [0.5, 0.6) is 0 Å². The van der Waals surface area contributed by atoms with E-state index in [9.17, 15) is 0 Å². The zero-order valence-corrected chi connectivity index (χ0v) is 8.06.